The summed E-state index contributed by atoms with van der Waals surface area (Å²) in [6, 6.07) is 14.5. The molecule has 0 unspecified atom stereocenters. The monoisotopic (exact) mass is 336 g/mol. The Balaban J connectivity index is 0.00000264. The minimum Gasteiger partial charge on any atom is -0.460 e. The minimum absolute atomic E-state index is 0. The fourth-order valence-corrected chi connectivity index (χ4v) is 1.93. The Bertz CT molecular complexity index is 647. The van der Waals surface area contributed by atoms with Gasteiger partial charge in [0.05, 0.1) is 4.92 Å². The fourth-order valence-electron chi connectivity index (χ4n) is 1.93. The van der Waals surface area contributed by atoms with E-state index in [9.17, 15) is 14.9 Å². The number of benzene rings is 2. The first-order valence-corrected chi connectivity index (χ1v) is 6.76. The molecule has 0 spiro atoms. The molecule has 2 aromatic carbocycles. The van der Waals surface area contributed by atoms with Gasteiger partial charge in [0.15, 0.2) is 0 Å². The highest BCUT2D eigenvalue weighted by Gasteiger charge is 2.16. The lowest BCUT2D eigenvalue weighted by Crippen LogP contribution is -2.34. The topological polar surface area (TPSA) is 95.5 Å². The second-order valence-corrected chi connectivity index (χ2v) is 4.83. The molecule has 7 heteroatoms. The zero-order valence-electron chi connectivity index (χ0n) is 12.3. The van der Waals surface area contributed by atoms with Gasteiger partial charge in [0.1, 0.15) is 12.6 Å². The number of non-ortho nitro benzene ring substituents is 1. The number of carbonyl (C=O) groups excluding carboxylic acids is 1. The van der Waals surface area contributed by atoms with Crippen LogP contribution < -0.4 is 5.73 Å². The number of nitro groups is 1. The van der Waals surface area contributed by atoms with Crippen LogP contribution in [0.25, 0.3) is 0 Å². The van der Waals surface area contributed by atoms with Crippen molar-refractivity contribution in [2.45, 2.75) is 19.1 Å². The molecule has 0 aliphatic rings. The van der Waals surface area contributed by atoms with Gasteiger partial charge in [-0.25, -0.2) is 0 Å². The molecule has 2 N–H and O–H groups in total. The third kappa shape index (κ3) is 5.69. The van der Waals surface area contributed by atoms with E-state index < -0.39 is 16.9 Å². The van der Waals surface area contributed by atoms with Crippen molar-refractivity contribution in [1.82, 2.24) is 0 Å². The summed E-state index contributed by atoms with van der Waals surface area (Å²) in [6.45, 7) is 0.174. The lowest BCUT2D eigenvalue weighted by Gasteiger charge is -2.11. The van der Waals surface area contributed by atoms with E-state index in [-0.39, 0.29) is 31.1 Å². The van der Waals surface area contributed by atoms with Crippen LogP contribution in [0.4, 0.5) is 5.69 Å². The van der Waals surface area contributed by atoms with Crippen LogP contribution in [0.1, 0.15) is 11.1 Å². The normalized spacial score (nSPS) is 11.2. The Morgan fingerprint density at radius 1 is 1.09 bits per heavy atom. The average Bonchev–Trinajstić information content (AvgIpc) is 2.54. The molecule has 1 atom stereocenters. The lowest BCUT2D eigenvalue weighted by atomic mass is 10.1. The van der Waals surface area contributed by atoms with Gasteiger partial charge >= 0.3 is 5.97 Å². The van der Waals surface area contributed by atoms with Gasteiger partial charge in [0, 0.05) is 12.1 Å². The molecule has 0 radical (unpaired) electrons. The Morgan fingerprint density at radius 2 is 1.70 bits per heavy atom. The quantitative estimate of drug-likeness (QED) is 0.497. The first kappa shape index (κ1) is 18.6. The molecule has 0 saturated carbocycles. The van der Waals surface area contributed by atoms with Gasteiger partial charge in [-0.2, -0.15) is 0 Å². The summed E-state index contributed by atoms with van der Waals surface area (Å²) in [5.41, 5.74) is 7.44. The highest BCUT2D eigenvalue weighted by molar-refractivity contribution is 5.85. The number of rotatable bonds is 6. The van der Waals surface area contributed by atoms with Crippen molar-refractivity contribution in [3.8, 4) is 0 Å². The fraction of sp³-hybridized carbons (Fsp3) is 0.188. The zero-order chi connectivity index (χ0) is 15.9. The number of hydrogen-bond acceptors (Lipinski definition) is 5. The smallest absolute Gasteiger partial charge is 0.323 e. The number of nitrogens with zero attached hydrogens (tertiary/aromatic N) is 1. The summed E-state index contributed by atoms with van der Waals surface area (Å²) < 4.78 is 5.15. The number of nitrogens with two attached hydrogens (primary N) is 1. The second kappa shape index (κ2) is 8.87. The predicted molar refractivity (Wildman–Crippen MR) is 88.3 cm³/mol. The summed E-state index contributed by atoms with van der Waals surface area (Å²) in [7, 11) is 0. The van der Waals surface area contributed by atoms with E-state index >= 15 is 0 Å². The van der Waals surface area contributed by atoms with E-state index in [1.165, 1.54) is 12.1 Å². The number of halogens is 1. The summed E-state index contributed by atoms with van der Waals surface area (Å²) in [5, 5.41) is 10.6. The average molecular weight is 337 g/mol. The highest BCUT2D eigenvalue weighted by Crippen LogP contribution is 2.13. The van der Waals surface area contributed by atoms with Gasteiger partial charge in [-0.1, -0.05) is 42.5 Å². The molecule has 0 amide bonds. The minimum atomic E-state index is -0.801. The van der Waals surface area contributed by atoms with Crippen LogP contribution in [0.15, 0.2) is 54.6 Å². The van der Waals surface area contributed by atoms with Crippen molar-refractivity contribution in [2.24, 2.45) is 5.73 Å². The van der Waals surface area contributed by atoms with Crippen LogP contribution in [0.5, 0.6) is 0 Å². The molecule has 23 heavy (non-hydrogen) atoms. The van der Waals surface area contributed by atoms with Crippen LogP contribution in [0, 0.1) is 10.1 Å². The molecule has 0 aromatic heterocycles. The molecular weight excluding hydrogens is 320 g/mol. The van der Waals surface area contributed by atoms with Crippen molar-refractivity contribution in [2.75, 3.05) is 0 Å². The maximum absolute atomic E-state index is 11.8. The third-order valence-corrected chi connectivity index (χ3v) is 3.13. The van der Waals surface area contributed by atoms with Gasteiger partial charge in [0.25, 0.3) is 5.69 Å². The predicted octanol–water partition coefficient (Wildman–Crippen LogP) is 2.63. The maximum Gasteiger partial charge on any atom is 0.323 e. The molecule has 122 valence electrons. The largest absolute Gasteiger partial charge is 0.460 e. The Labute approximate surface area is 139 Å². The number of hydrogen-bond donors (Lipinski definition) is 1. The molecule has 2 aromatic rings. The van der Waals surface area contributed by atoms with E-state index in [2.05, 4.69) is 0 Å². The number of carbonyl (C=O) groups is 1. The molecule has 0 aliphatic carbocycles. The third-order valence-electron chi connectivity index (χ3n) is 3.13. The number of esters is 1. The van der Waals surface area contributed by atoms with Crippen LogP contribution in [0.3, 0.4) is 0 Å². The van der Waals surface area contributed by atoms with Gasteiger partial charge in [-0.3, -0.25) is 14.9 Å². The SMILES string of the molecule is Cl.N[C@@H](Cc1ccc([N+](=O)[O-])cc1)C(=O)OCc1ccccc1. The summed E-state index contributed by atoms with van der Waals surface area (Å²) >= 11 is 0. The van der Waals surface area contributed by atoms with Gasteiger partial charge in [0.2, 0.25) is 0 Å². The summed E-state index contributed by atoms with van der Waals surface area (Å²) in [6.07, 6.45) is 0.269. The highest BCUT2D eigenvalue weighted by atomic mass is 35.5. The molecule has 0 heterocycles. The van der Waals surface area contributed by atoms with Crippen molar-refractivity contribution in [3.63, 3.8) is 0 Å². The van der Waals surface area contributed by atoms with Crippen LogP contribution in [-0.4, -0.2) is 16.9 Å². The molecule has 0 aliphatic heterocycles. The van der Waals surface area contributed by atoms with Crippen LogP contribution in [-0.2, 0) is 22.6 Å². The van der Waals surface area contributed by atoms with E-state index in [4.69, 9.17) is 10.5 Å². The second-order valence-electron chi connectivity index (χ2n) is 4.83. The molecule has 2 rings (SSSR count). The molecular formula is C16H17ClN2O4. The van der Waals surface area contributed by atoms with Crippen LogP contribution in [0.2, 0.25) is 0 Å². The Morgan fingerprint density at radius 3 is 2.26 bits per heavy atom. The van der Waals surface area contributed by atoms with Gasteiger partial charge in [-0.15, -0.1) is 12.4 Å². The summed E-state index contributed by atoms with van der Waals surface area (Å²) in [5.74, 6) is -0.498. The number of ether oxygens (including phenoxy) is 1. The van der Waals surface area contributed by atoms with Gasteiger partial charge in [-0.05, 0) is 17.5 Å². The summed E-state index contributed by atoms with van der Waals surface area (Å²) in [4.78, 5) is 21.9. The lowest BCUT2D eigenvalue weighted by molar-refractivity contribution is -0.384. The first-order valence-electron chi connectivity index (χ1n) is 6.76. The van der Waals surface area contributed by atoms with E-state index in [1.807, 2.05) is 30.3 Å². The van der Waals surface area contributed by atoms with E-state index in [1.54, 1.807) is 12.1 Å². The van der Waals surface area contributed by atoms with Gasteiger partial charge < -0.3 is 10.5 Å². The zero-order valence-corrected chi connectivity index (χ0v) is 13.1. The Hall–Kier alpha value is -2.44. The van der Waals surface area contributed by atoms with Crippen molar-refractivity contribution >= 4 is 24.1 Å². The molecule has 0 saturated heterocycles. The number of nitro benzene ring substituents is 1. The maximum atomic E-state index is 11.8. The van der Waals surface area contributed by atoms with Crippen molar-refractivity contribution in [3.05, 3.63) is 75.8 Å². The molecule has 6 nitrogen and oxygen atoms in total. The molecule has 0 bridgehead atoms. The first-order chi connectivity index (χ1) is 10.6. The molecule has 0 fully saturated rings. The van der Waals surface area contributed by atoms with E-state index in [0.717, 1.165) is 11.1 Å². The van der Waals surface area contributed by atoms with Crippen molar-refractivity contribution in [1.29, 1.82) is 0 Å². The van der Waals surface area contributed by atoms with E-state index in [0.29, 0.717) is 0 Å². The van der Waals surface area contributed by atoms with Crippen LogP contribution >= 0.6 is 12.4 Å². The Kier molecular flexibility index (Phi) is 7.18. The standard InChI is InChI=1S/C16H16N2O4.ClH/c17-15(10-12-6-8-14(9-7-12)18(20)21)16(19)22-11-13-4-2-1-3-5-13;/h1-9,15H,10-11,17H2;1H/t15-;/m0./s1. The van der Waals surface area contributed by atoms with Crippen molar-refractivity contribution < 1.29 is 14.5 Å².